The maximum absolute atomic E-state index is 8.84. The number of rotatable bonds is 6. The molecule has 2 aliphatic rings. The number of para-hydroxylation sites is 1. The molecule has 0 bridgehead atoms. The number of fused-ring (bicyclic) bond motifs is 1. The molecule has 2 aromatic carbocycles. The zero-order valence-corrected chi connectivity index (χ0v) is 17.5. The van der Waals surface area contributed by atoms with Crippen molar-refractivity contribution in [3.8, 4) is 17.7 Å². The van der Waals surface area contributed by atoms with Crippen LogP contribution >= 0.6 is 0 Å². The number of aliphatic imine (C=N–C) groups is 1. The molecule has 1 atom stereocenters. The van der Waals surface area contributed by atoms with Gasteiger partial charge in [-0.3, -0.25) is 4.99 Å². The van der Waals surface area contributed by atoms with Gasteiger partial charge >= 0.3 is 0 Å². The van der Waals surface area contributed by atoms with Crippen LogP contribution in [0.4, 0.5) is 5.69 Å². The molecule has 1 aliphatic carbocycles. The van der Waals surface area contributed by atoms with Gasteiger partial charge in [0, 0.05) is 11.5 Å². The van der Waals surface area contributed by atoms with Gasteiger partial charge in [0.2, 0.25) is 5.88 Å². The highest BCUT2D eigenvalue weighted by Gasteiger charge is 2.33. The second-order valence-electron chi connectivity index (χ2n) is 8.09. The largest absolute Gasteiger partial charge is 0.439 e. The Morgan fingerprint density at radius 1 is 1.13 bits per heavy atom. The third-order valence-corrected chi connectivity index (χ3v) is 5.80. The molecule has 1 N–H and O–H groups in total. The lowest BCUT2D eigenvalue weighted by molar-refractivity contribution is 0.465. The minimum absolute atomic E-state index is 0.297. The molecular formula is C26H24N4O. The lowest BCUT2D eigenvalue weighted by Crippen LogP contribution is -2.09. The summed E-state index contributed by atoms with van der Waals surface area (Å²) in [6.45, 7) is 2.20. The second-order valence-corrected chi connectivity index (χ2v) is 8.09. The lowest BCUT2D eigenvalue weighted by atomic mass is 10.0. The van der Waals surface area contributed by atoms with E-state index < -0.39 is 0 Å². The molecule has 5 heteroatoms. The predicted octanol–water partition coefficient (Wildman–Crippen LogP) is 6.03. The number of hydrogen-bond donors (Lipinski definition) is 1. The van der Waals surface area contributed by atoms with Crippen LogP contribution in [0.1, 0.15) is 31.7 Å². The summed E-state index contributed by atoms with van der Waals surface area (Å²) in [6.07, 6.45) is 6.22. The number of benzene rings is 2. The monoisotopic (exact) mass is 408 g/mol. The first-order valence-electron chi connectivity index (χ1n) is 10.8. The molecule has 0 radical (unpaired) electrons. The summed E-state index contributed by atoms with van der Waals surface area (Å²) >= 11 is 0. The van der Waals surface area contributed by atoms with Gasteiger partial charge in [-0.15, -0.1) is 0 Å². The number of pyridine rings is 1. The van der Waals surface area contributed by atoms with Crippen LogP contribution in [0.5, 0.6) is 11.6 Å². The highest BCUT2D eigenvalue weighted by atomic mass is 16.5. The van der Waals surface area contributed by atoms with Crippen molar-refractivity contribution >= 4 is 22.4 Å². The van der Waals surface area contributed by atoms with E-state index in [4.69, 9.17) is 15.0 Å². The molecule has 5 nitrogen and oxygen atoms in total. The summed E-state index contributed by atoms with van der Waals surface area (Å²) in [6, 6.07) is 20.0. The molecule has 1 unspecified atom stereocenters. The summed E-state index contributed by atoms with van der Waals surface area (Å²) < 4.78 is 6.05. The minimum Gasteiger partial charge on any atom is -0.439 e. The fourth-order valence-electron chi connectivity index (χ4n) is 4.07. The van der Waals surface area contributed by atoms with Crippen LogP contribution in [0.3, 0.4) is 0 Å². The van der Waals surface area contributed by atoms with Gasteiger partial charge in [-0.25, -0.2) is 4.98 Å². The smallest absolute Gasteiger partial charge is 0.221 e. The standard InChI is InChI=1S/C26H24N4O/c1-2-22-21(18-9-10-18)15-25(28-22)29-24-16-26(30-23-6-4-3-5-20(23)24)31-19-11-7-17(8-12-19)13-14-27/h3-8,11-12,15-16,18,22H,2,9-10,13H2,1H3,(H,28,29,30). The number of aromatic nitrogens is 1. The highest BCUT2D eigenvalue weighted by Crippen LogP contribution is 2.41. The molecule has 1 fully saturated rings. The van der Waals surface area contributed by atoms with Crippen molar-refractivity contribution < 1.29 is 4.74 Å². The summed E-state index contributed by atoms with van der Waals surface area (Å²) in [5.74, 6) is 2.84. The van der Waals surface area contributed by atoms with E-state index in [-0.39, 0.29) is 0 Å². The first-order chi connectivity index (χ1) is 15.2. The van der Waals surface area contributed by atoms with Crippen molar-refractivity contribution in [3.63, 3.8) is 0 Å². The topological polar surface area (TPSA) is 70.3 Å². The van der Waals surface area contributed by atoms with Gasteiger partial charge in [-0.05, 0) is 60.6 Å². The van der Waals surface area contributed by atoms with Gasteiger partial charge in [0.05, 0.1) is 29.7 Å². The van der Waals surface area contributed by atoms with Crippen molar-refractivity contribution in [3.05, 3.63) is 71.8 Å². The zero-order valence-electron chi connectivity index (χ0n) is 17.5. The maximum atomic E-state index is 8.84. The van der Waals surface area contributed by atoms with Gasteiger partial charge < -0.3 is 10.1 Å². The van der Waals surface area contributed by atoms with E-state index >= 15 is 0 Å². The van der Waals surface area contributed by atoms with Gasteiger partial charge in [0.25, 0.3) is 0 Å². The summed E-state index contributed by atoms with van der Waals surface area (Å²) in [7, 11) is 0. The Hall–Kier alpha value is -3.65. The first kappa shape index (κ1) is 19.3. The Morgan fingerprint density at radius 3 is 2.68 bits per heavy atom. The van der Waals surface area contributed by atoms with Crippen LogP contribution < -0.4 is 10.1 Å². The normalized spacial score (nSPS) is 17.7. The van der Waals surface area contributed by atoms with Crippen molar-refractivity contribution in [2.75, 3.05) is 5.32 Å². The highest BCUT2D eigenvalue weighted by molar-refractivity contribution is 6.10. The average molecular weight is 409 g/mol. The zero-order chi connectivity index (χ0) is 21.2. The predicted molar refractivity (Wildman–Crippen MR) is 124 cm³/mol. The number of nitrogens with zero attached hydrogens (tertiary/aromatic N) is 3. The van der Waals surface area contributed by atoms with Crippen LogP contribution in [-0.4, -0.2) is 16.9 Å². The van der Waals surface area contributed by atoms with Crippen molar-refractivity contribution in [1.29, 1.82) is 5.26 Å². The van der Waals surface area contributed by atoms with Crippen LogP contribution in [-0.2, 0) is 6.42 Å². The van der Waals surface area contributed by atoms with E-state index in [1.54, 1.807) is 0 Å². The fourth-order valence-corrected chi connectivity index (χ4v) is 4.07. The quantitative estimate of drug-likeness (QED) is 0.540. The van der Waals surface area contributed by atoms with E-state index in [0.29, 0.717) is 30.0 Å². The molecule has 154 valence electrons. The Balaban J connectivity index is 1.44. The molecule has 1 aliphatic heterocycles. The number of anilines is 1. The molecule has 2 heterocycles. The summed E-state index contributed by atoms with van der Waals surface area (Å²) in [4.78, 5) is 9.60. The molecule has 31 heavy (non-hydrogen) atoms. The Morgan fingerprint density at radius 2 is 1.94 bits per heavy atom. The van der Waals surface area contributed by atoms with Crippen molar-refractivity contribution in [2.24, 2.45) is 10.9 Å². The van der Waals surface area contributed by atoms with E-state index in [2.05, 4.69) is 35.4 Å². The third-order valence-electron chi connectivity index (χ3n) is 5.80. The van der Waals surface area contributed by atoms with Gasteiger partial charge in [-0.1, -0.05) is 37.3 Å². The van der Waals surface area contributed by atoms with E-state index in [9.17, 15) is 0 Å². The van der Waals surface area contributed by atoms with Crippen LogP contribution in [0.15, 0.2) is 71.2 Å². The lowest BCUT2D eigenvalue weighted by Gasteiger charge is -2.12. The summed E-state index contributed by atoms with van der Waals surface area (Å²) in [5, 5.41) is 13.4. The van der Waals surface area contributed by atoms with Crippen molar-refractivity contribution in [1.82, 2.24) is 4.98 Å². The average Bonchev–Trinajstić information content (AvgIpc) is 3.55. The van der Waals surface area contributed by atoms with Crippen LogP contribution in [0.2, 0.25) is 0 Å². The Labute approximate surface area is 182 Å². The van der Waals surface area contributed by atoms with E-state index in [1.807, 2.05) is 48.5 Å². The second kappa shape index (κ2) is 8.23. The molecular weight excluding hydrogens is 384 g/mol. The van der Waals surface area contributed by atoms with Crippen LogP contribution in [0.25, 0.3) is 10.9 Å². The minimum atomic E-state index is 0.297. The first-order valence-corrected chi connectivity index (χ1v) is 10.8. The van der Waals surface area contributed by atoms with Gasteiger partial charge in [-0.2, -0.15) is 5.26 Å². The molecule has 3 aromatic rings. The number of ether oxygens (including phenoxy) is 1. The number of hydrogen-bond acceptors (Lipinski definition) is 5. The molecule has 0 amide bonds. The maximum Gasteiger partial charge on any atom is 0.221 e. The third kappa shape index (κ3) is 4.15. The van der Waals surface area contributed by atoms with E-state index in [0.717, 1.165) is 34.4 Å². The molecule has 1 saturated carbocycles. The number of amidine groups is 1. The fraction of sp³-hybridized carbons (Fsp3) is 0.269. The SMILES string of the molecule is CCC1N=C(Nc2cc(Oc3ccc(CC#N)cc3)nc3ccccc23)C=C1C1CC1. The molecule has 1 aromatic heterocycles. The number of nitriles is 1. The molecule has 0 saturated heterocycles. The van der Waals surface area contributed by atoms with E-state index in [1.165, 1.54) is 18.4 Å². The van der Waals surface area contributed by atoms with Gasteiger partial charge in [0.15, 0.2) is 0 Å². The summed E-state index contributed by atoms with van der Waals surface area (Å²) in [5.41, 5.74) is 4.23. The number of nitrogens with one attached hydrogen (secondary N) is 1. The van der Waals surface area contributed by atoms with Gasteiger partial charge in [0.1, 0.15) is 11.6 Å². The molecule has 0 spiro atoms. The Bertz CT molecular complexity index is 1220. The van der Waals surface area contributed by atoms with Crippen LogP contribution in [0, 0.1) is 17.2 Å². The van der Waals surface area contributed by atoms with Crippen molar-refractivity contribution in [2.45, 2.75) is 38.6 Å². The Kier molecular flexibility index (Phi) is 5.13. The molecule has 5 rings (SSSR count).